The third-order valence-corrected chi connectivity index (χ3v) is 6.19. The van der Waals surface area contributed by atoms with Crippen molar-refractivity contribution in [2.75, 3.05) is 58.5 Å². The number of ether oxygens (including phenoxy) is 3. The third kappa shape index (κ3) is 4.40. The van der Waals surface area contributed by atoms with E-state index in [1.807, 2.05) is 24.3 Å². The number of aromatic nitrogens is 1. The number of thiazole rings is 1. The van der Waals surface area contributed by atoms with E-state index in [1.165, 1.54) is 11.3 Å². The van der Waals surface area contributed by atoms with Crippen molar-refractivity contribution in [2.24, 2.45) is 0 Å². The number of morpholine rings is 1. The molecule has 1 aliphatic heterocycles. The van der Waals surface area contributed by atoms with Crippen LogP contribution >= 0.6 is 11.3 Å². The largest absolute Gasteiger partial charge is 0.493 e. The summed E-state index contributed by atoms with van der Waals surface area (Å²) in [6, 6.07) is 13.2. The first kappa shape index (κ1) is 20.6. The van der Waals surface area contributed by atoms with Crippen molar-refractivity contribution in [3.8, 4) is 11.5 Å². The highest BCUT2D eigenvalue weighted by atomic mass is 32.1. The van der Waals surface area contributed by atoms with Crippen molar-refractivity contribution in [3.05, 3.63) is 48.0 Å². The minimum atomic E-state index is -0.108. The number of hydrogen-bond donors (Lipinski definition) is 0. The van der Waals surface area contributed by atoms with Crippen LogP contribution in [0.1, 0.15) is 10.4 Å². The number of hydrogen-bond acceptors (Lipinski definition) is 7. The third-order valence-electron chi connectivity index (χ3n) is 5.13. The molecule has 0 N–H and O–H groups in total. The molecule has 30 heavy (non-hydrogen) atoms. The Morgan fingerprint density at radius 1 is 1.13 bits per heavy atom. The number of benzene rings is 2. The first-order valence-electron chi connectivity index (χ1n) is 9.89. The molecule has 0 unspecified atom stereocenters. The number of anilines is 1. The molecule has 1 aromatic heterocycles. The van der Waals surface area contributed by atoms with Crippen LogP contribution in [0.5, 0.6) is 11.5 Å². The summed E-state index contributed by atoms with van der Waals surface area (Å²) in [5.74, 6) is 1.01. The van der Waals surface area contributed by atoms with Crippen LogP contribution in [0, 0.1) is 0 Å². The molecule has 2 heterocycles. The van der Waals surface area contributed by atoms with E-state index in [1.54, 1.807) is 37.3 Å². The van der Waals surface area contributed by atoms with Crippen molar-refractivity contribution in [2.45, 2.75) is 0 Å². The lowest BCUT2D eigenvalue weighted by Gasteiger charge is -2.29. The van der Waals surface area contributed by atoms with Crippen LogP contribution in [-0.2, 0) is 4.74 Å². The first-order chi connectivity index (χ1) is 14.7. The molecule has 158 valence electrons. The zero-order valence-corrected chi connectivity index (χ0v) is 18.0. The Morgan fingerprint density at radius 3 is 2.63 bits per heavy atom. The van der Waals surface area contributed by atoms with E-state index in [0.29, 0.717) is 28.7 Å². The van der Waals surface area contributed by atoms with Gasteiger partial charge < -0.3 is 14.2 Å². The monoisotopic (exact) mass is 427 g/mol. The molecule has 2 aromatic carbocycles. The standard InChI is InChI=1S/C22H25N3O4S/c1-27-18-8-7-16(15-19(18)28-2)21(26)25(10-9-24-11-13-29-14-12-24)22-23-17-5-3-4-6-20(17)30-22/h3-8,15H,9-14H2,1-2H3. The van der Waals surface area contributed by atoms with Crippen LogP contribution in [0.25, 0.3) is 10.2 Å². The second-order valence-corrected chi connectivity index (χ2v) is 7.95. The van der Waals surface area contributed by atoms with Crippen molar-refractivity contribution in [1.82, 2.24) is 9.88 Å². The minimum absolute atomic E-state index is 0.108. The molecule has 7 nitrogen and oxygen atoms in total. The number of amides is 1. The van der Waals surface area contributed by atoms with Gasteiger partial charge in [0.15, 0.2) is 16.6 Å². The average Bonchev–Trinajstić information content (AvgIpc) is 3.23. The van der Waals surface area contributed by atoms with E-state index < -0.39 is 0 Å². The molecule has 8 heteroatoms. The van der Waals surface area contributed by atoms with E-state index >= 15 is 0 Å². The maximum atomic E-state index is 13.5. The average molecular weight is 428 g/mol. The van der Waals surface area contributed by atoms with Gasteiger partial charge in [0, 0.05) is 31.7 Å². The molecule has 0 spiro atoms. The molecule has 1 amide bonds. The Bertz CT molecular complexity index is 984. The van der Waals surface area contributed by atoms with Crippen LogP contribution < -0.4 is 14.4 Å². The summed E-state index contributed by atoms with van der Waals surface area (Å²) in [6.45, 7) is 4.51. The summed E-state index contributed by atoms with van der Waals surface area (Å²) in [7, 11) is 3.14. The van der Waals surface area contributed by atoms with E-state index in [0.717, 1.165) is 43.1 Å². The normalized spacial score (nSPS) is 14.6. The second-order valence-electron chi connectivity index (χ2n) is 6.94. The van der Waals surface area contributed by atoms with Gasteiger partial charge in [0.25, 0.3) is 5.91 Å². The molecule has 0 atom stereocenters. The number of carbonyl (C=O) groups excluding carboxylic acids is 1. The van der Waals surface area contributed by atoms with Gasteiger partial charge in [-0.05, 0) is 30.3 Å². The molecule has 0 aliphatic carbocycles. The quantitative estimate of drug-likeness (QED) is 0.577. The fourth-order valence-electron chi connectivity index (χ4n) is 3.45. The molecule has 4 rings (SSSR count). The Labute approximate surface area is 179 Å². The van der Waals surface area contributed by atoms with Gasteiger partial charge in [0.05, 0.1) is 37.6 Å². The van der Waals surface area contributed by atoms with Crippen molar-refractivity contribution >= 4 is 32.6 Å². The molecule has 1 fully saturated rings. The Morgan fingerprint density at radius 2 is 1.90 bits per heavy atom. The lowest BCUT2D eigenvalue weighted by Crippen LogP contribution is -2.43. The van der Waals surface area contributed by atoms with E-state index in [4.69, 9.17) is 19.2 Å². The number of rotatable bonds is 7. The molecule has 0 saturated carbocycles. The van der Waals surface area contributed by atoms with Gasteiger partial charge in [-0.15, -0.1) is 0 Å². The van der Waals surface area contributed by atoms with Crippen molar-refractivity contribution in [1.29, 1.82) is 0 Å². The zero-order valence-electron chi connectivity index (χ0n) is 17.2. The zero-order chi connectivity index (χ0) is 20.9. The Balaban J connectivity index is 1.64. The highest BCUT2D eigenvalue weighted by Crippen LogP contribution is 2.32. The summed E-state index contributed by atoms with van der Waals surface area (Å²) < 4.78 is 17.2. The molecular weight excluding hydrogens is 402 g/mol. The summed E-state index contributed by atoms with van der Waals surface area (Å²) in [5.41, 5.74) is 1.43. The smallest absolute Gasteiger partial charge is 0.260 e. The van der Waals surface area contributed by atoms with Gasteiger partial charge in [0.1, 0.15) is 0 Å². The Hall–Kier alpha value is -2.68. The fourth-order valence-corrected chi connectivity index (χ4v) is 4.44. The van der Waals surface area contributed by atoms with Crippen LogP contribution in [-0.4, -0.2) is 69.4 Å². The highest BCUT2D eigenvalue weighted by molar-refractivity contribution is 7.22. The van der Waals surface area contributed by atoms with Crippen LogP contribution in [0.15, 0.2) is 42.5 Å². The molecule has 0 radical (unpaired) electrons. The summed E-state index contributed by atoms with van der Waals surface area (Å²) in [4.78, 5) is 22.3. The molecule has 1 aliphatic rings. The number of fused-ring (bicyclic) bond motifs is 1. The highest BCUT2D eigenvalue weighted by Gasteiger charge is 2.24. The van der Waals surface area contributed by atoms with Gasteiger partial charge in [-0.2, -0.15) is 0 Å². The van der Waals surface area contributed by atoms with E-state index in [9.17, 15) is 4.79 Å². The second kappa shape index (κ2) is 9.42. The maximum Gasteiger partial charge on any atom is 0.260 e. The summed E-state index contributed by atoms with van der Waals surface area (Å²) in [5, 5.41) is 0.698. The topological polar surface area (TPSA) is 64.1 Å². The number of para-hydroxylation sites is 1. The number of methoxy groups -OCH3 is 2. The molecule has 3 aromatic rings. The van der Waals surface area contributed by atoms with Gasteiger partial charge in [-0.3, -0.25) is 14.6 Å². The molecule has 1 saturated heterocycles. The van der Waals surface area contributed by atoms with E-state index in [2.05, 4.69) is 4.90 Å². The van der Waals surface area contributed by atoms with Crippen molar-refractivity contribution in [3.63, 3.8) is 0 Å². The van der Waals surface area contributed by atoms with Gasteiger partial charge >= 0.3 is 0 Å². The molecular formula is C22H25N3O4S. The fraction of sp³-hybridized carbons (Fsp3) is 0.364. The SMILES string of the molecule is COc1ccc(C(=O)N(CCN2CCOCC2)c2nc3ccccc3s2)cc1OC. The Kier molecular flexibility index (Phi) is 6.47. The predicted octanol–water partition coefficient (Wildman–Crippen LogP) is 3.29. The van der Waals surface area contributed by atoms with Gasteiger partial charge in [0.2, 0.25) is 0 Å². The van der Waals surface area contributed by atoms with Crippen LogP contribution in [0.3, 0.4) is 0 Å². The number of carbonyl (C=O) groups is 1. The van der Waals surface area contributed by atoms with E-state index in [-0.39, 0.29) is 5.91 Å². The van der Waals surface area contributed by atoms with Crippen molar-refractivity contribution < 1.29 is 19.0 Å². The summed E-state index contributed by atoms with van der Waals surface area (Å²) in [6.07, 6.45) is 0. The number of nitrogens with zero attached hydrogens (tertiary/aromatic N) is 3. The lowest BCUT2D eigenvalue weighted by atomic mass is 10.1. The predicted molar refractivity (Wildman–Crippen MR) is 118 cm³/mol. The van der Waals surface area contributed by atoms with Crippen LogP contribution in [0.2, 0.25) is 0 Å². The lowest BCUT2D eigenvalue weighted by molar-refractivity contribution is 0.0391. The van der Waals surface area contributed by atoms with Gasteiger partial charge in [-0.25, -0.2) is 4.98 Å². The maximum absolute atomic E-state index is 13.5. The first-order valence-corrected chi connectivity index (χ1v) is 10.7. The summed E-state index contributed by atoms with van der Waals surface area (Å²) >= 11 is 1.53. The van der Waals surface area contributed by atoms with Gasteiger partial charge in [-0.1, -0.05) is 23.5 Å². The minimum Gasteiger partial charge on any atom is -0.493 e. The molecule has 0 bridgehead atoms. The van der Waals surface area contributed by atoms with Crippen LogP contribution in [0.4, 0.5) is 5.13 Å².